The topological polar surface area (TPSA) is 73.9 Å². The number of anilines is 1. The molecule has 0 amide bonds. The van der Waals surface area contributed by atoms with E-state index >= 15 is 0 Å². The third kappa shape index (κ3) is 3.45. The number of piperazine rings is 1. The van der Waals surface area contributed by atoms with Crippen LogP contribution < -0.4 is 10.2 Å². The van der Waals surface area contributed by atoms with Gasteiger partial charge >= 0.3 is 0 Å². The molecule has 3 heterocycles. The van der Waals surface area contributed by atoms with Crippen molar-refractivity contribution in [3.05, 3.63) is 42.2 Å². The maximum absolute atomic E-state index is 12.7. The molecule has 2 N–H and O–H groups in total. The summed E-state index contributed by atoms with van der Waals surface area (Å²) in [4.78, 5) is 27.5. The first-order valence-corrected chi connectivity index (χ1v) is 9.38. The quantitative estimate of drug-likeness (QED) is 0.699. The molecular weight excluding hydrogens is 338 g/mol. The van der Waals surface area contributed by atoms with Crippen LogP contribution in [0.5, 0.6) is 0 Å². The maximum atomic E-state index is 12.7. The van der Waals surface area contributed by atoms with Gasteiger partial charge in [-0.2, -0.15) is 0 Å². The Labute approximate surface area is 159 Å². The lowest BCUT2D eigenvalue weighted by Gasteiger charge is -2.29. The summed E-state index contributed by atoms with van der Waals surface area (Å²) in [6.45, 7) is 9.74. The summed E-state index contributed by atoms with van der Waals surface area (Å²) >= 11 is 0. The van der Waals surface area contributed by atoms with Crippen LogP contribution in [0.25, 0.3) is 22.4 Å². The van der Waals surface area contributed by atoms with Gasteiger partial charge in [-0.15, -0.1) is 0 Å². The van der Waals surface area contributed by atoms with Crippen molar-refractivity contribution in [3.63, 3.8) is 0 Å². The molecule has 0 saturated carbocycles. The molecule has 0 radical (unpaired) electrons. The van der Waals surface area contributed by atoms with Gasteiger partial charge in [0.15, 0.2) is 11.4 Å². The van der Waals surface area contributed by atoms with Crippen molar-refractivity contribution in [2.24, 2.45) is 5.41 Å². The first kappa shape index (κ1) is 17.7. The second kappa shape index (κ2) is 6.78. The van der Waals surface area contributed by atoms with E-state index in [1.54, 1.807) is 12.4 Å². The lowest BCUT2D eigenvalue weighted by atomic mass is 9.87. The lowest BCUT2D eigenvalue weighted by molar-refractivity contribution is 0.0860. The highest BCUT2D eigenvalue weighted by Gasteiger charge is 2.26. The van der Waals surface area contributed by atoms with E-state index in [0.29, 0.717) is 16.7 Å². The van der Waals surface area contributed by atoms with Crippen molar-refractivity contribution in [3.8, 4) is 11.3 Å². The number of hydrogen-bond acceptors (Lipinski definition) is 5. The number of nitrogens with zero attached hydrogens (tertiary/aromatic N) is 3. The van der Waals surface area contributed by atoms with Crippen LogP contribution in [0.3, 0.4) is 0 Å². The highest BCUT2D eigenvalue weighted by atomic mass is 16.1. The number of fused-ring (bicyclic) bond motifs is 1. The van der Waals surface area contributed by atoms with Crippen molar-refractivity contribution in [1.29, 1.82) is 0 Å². The van der Waals surface area contributed by atoms with Crippen LogP contribution in [-0.2, 0) is 0 Å². The molecule has 2 aromatic heterocycles. The number of nitrogens with one attached hydrogen (secondary N) is 2. The minimum Gasteiger partial charge on any atom is -0.369 e. The molecule has 140 valence electrons. The summed E-state index contributed by atoms with van der Waals surface area (Å²) < 4.78 is 0. The van der Waals surface area contributed by atoms with Gasteiger partial charge in [0, 0.05) is 49.0 Å². The Morgan fingerprint density at radius 2 is 1.96 bits per heavy atom. The summed E-state index contributed by atoms with van der Waals surface area (Å²) in [5.74, 6) is 0.0646. The molecule has 0 spiro atoms. The van der Waals surface area contributed by atoms with Gasteiger partial charge in [-0.05, 0) is 12.1 Å². The van der Waals surface area contributed by atoms with Gasteiger partial charge in [0.1, 0.15) is 5.52 Å². The summed E-state index contributed by atoms with van der Waals surface area (Å²) in [7, 11) is 0. The molecule has 1 aliphatic rings. The normalized spacial score (nSPS) is 15.3. The van der Waals surface area contributed by atoms with E-state index in [4.69, 9.17) is 4.98 Å². The predicted octanol–water partition coefficient (Wildman–Crippen LogP) is 3.26. The Hall–Kier alpha value is -2.73. The minimum atomic E-state index is -0.463. The summed E-state index contributed by atoms with van der Waals surface area (Å²) in [6.07, 6.45) is 3.49. The minimum absolute atomic E-state index is 0.0646. The smallest absolute Gasteiger partial charge is 0.171 e. The highest BCUT2D eigenvalue weighted by Crippen LogP contribution is 2.28. The molecule has 1 fully saturated rings. The summed E-state index contributed by atoms with van der Waals surface area (Å²) in [5, 5.41) is 3.38. The van der Waals surface area contributed by atoms with Gasteiger partial charge in [-0.3, -0.25) is 4.79 Å². The summed E-state index contributed by atoms with van der Waals surface area (Å²) in [6, 6.07) is 8.38. The van der Waals surface area contributed by atoms with Gasteiger partial charge < -0.3 is 15.2 Å². The van der Waals surface area contributed by atoms with Crippen LogP contribution in [0, 0.1) is 5.41 Å². The van der Waals surface area contributed by atoms with Crippen LogP contribution in [0.1, 0.15) is 31.1 Å². The molecule has 1 aliphatic heterocycles. The zero-order chi connectivity index (χ0) is 19.0. The molecule has 1 saturated heterocycles. The average Bonchev–Trinajstić information content (AvgIpc) is 3.10. The van der Waals surface area contributed by atoms with Gasteiger partial charge in [0.25, 0.3) is 0 Å². The van der Waals surface area contributed by atoms with E-state index in [1.165, 1.54) is 5.69 Å². The largest absolute Gasteiger partial charge is 0.369 e. The van der Waals surface area contributed by atoms with E-state index in [-0.39, 0.29) is 5.78 Å². The fourth-order valence-corrected chi connectivity index (χ4v) is 3.39. The predicted molar refractivity (Wildman–Crippen MR) is 108 cm³/mol. The molecule has 6 heteroatoms. The number of benzene rings is 1. The Bertz CT molecular complexity index is 980. The second-order valence-corrected chi connectivity index (χ2v) is 8.02. The second-order valence-electron chi connectivity index (χ2n) is 8.02. The Morgan fingerprint density at radius 1 is 1.19 bits per heavy atom. The van der Waals surface area contributed by atoms with E-state index in [0.717, 1.165) is 37.4 Å². The first-order valence-electron chi connectivity index (χ1n) is 9.38. The Kier molecular flexibility index (Phi) is 4.44. The van der Waals surface area contributed by atoms with Gasteiger partial charge in [-0.25, -0.2) is 9.97 Å². The van der Waals surface area contributed by atoms with E-state index in [2.05, 4.69) is 38.4 Å². The van der Waals surface area contributed by atoms with Crippen molar-refractivity contribution in [1.82, 2.24) is 20.3 Å². The number of H-pyrrole nitrogens is 1. The molecular formula is C21H25N5O. The molecule has 0 aliphatic carbocycles. The number of aromatic nitrogens is 3. The number of aromatic amines is 1. The molecule has 1 aromatic carbocycles. The SMILES string of the molecule is CC(C)(C)C(=O)c1c[nH]c2ncc(-c3cccc(N4CCNCC4)c3)nc12. The van der Waals surface area contributed by atoms with Crippen LogP contribution in [-0.4, -0.2) is 46.9 Å². The molecule has 0 atom stereocenters. The molecule has 0 bridgehead atoms. The first-order chi connectivity index (χ1) is 12.9. The van der Waals surface area contributed by atoms with Crippen LogP contribution in [0.15, 0.2) is 36.7 Å². The van der Waals surface area contributed by atoms with E-state index in [1.807, 2.05) is 26.8 Å². The number of hydrogen-bond donors (Lipinski definition) is 2. The van der Waals surface area contributed by atoms with Gasteiger partial charge in [0.05, 0.1) is 17.5 Å². The Balaban J connectivity index is 1.73. The van der Waals surface area contributed by atoms with Gasteiger partial charge in [-0.1, -0.05) is 32.9 Å². The number of carbonyl (C=O) groups excluding carboxylic acids is 1. The fourth-order valence-electron chi connectivity index (χ4n) is 3.39. The van der Waals surface area contributed by atoms with Crippen molar-refractivity contribution >= 4 is 22.6 Å². The standard InChI is InChI=1S/C21H25N5O/c1-21(2,3)19(27)16-12-23-20-18(16)25-17(13-24-20)14-5-4-6-15(11-14)26-9-7-22-8-10-26/h4-6,11-13,22H,7-10H2,1-3H3,(H,23,24). The van der Waals surface area contributed by atoms with Crippen LogP contribution in [0.2, 0.25) is 0 Å². The number of ketones is 1. The number of Topliss-reactive ketones (excluding diaryl/α,β-unsaturated/α-hetero) is 1. The number of rotatable bonds is 3. The monoisotopic (exact) mass is 363 g/mol. The molecule has 6 nitrogen and oxygen atoms in total. The third-order valence-corrected chi connectivity index (χ3v) is 4.93. The maximum Gasteiger partial charge on any atom is 0.171 e. The number of carbonyl (C=O) groups is 1. The Morgan fingerprint density at radius 3 is 2.70 bits per heavy atom. The molecule has 27 heavy (non-hydrogen) atoms. The zero-order valence-electron chi connectivity index (χ0n) is 16.0. The van der Waals surface area contributed by atoms with E-state index < -0.39 is 5.41 Å². The zero-order valence-corrected chi connectivity index (χ0v) is 16.0. The molecule has 0 unspecified atom stereocenters. The van der Waals surface area contributed by atoms with Crippen molar-refractivity contribution < 1.29 is 4.79 Å². The third-order valence-electron chi connectivity index (χ3n) is 4.93. The molecule has 4 rings (SSSR count). The van der Waals surface area contributed by atoms with Crippen LogP contribution >= 0.6 is 0 Å². The van der Waals surface area contributed by atoms with Crippen LogP contribution in [0.4, 0.5) is 5.69 Å². The van der Waals surface area contributed by atoms with E-state index in [9.17, 15) is 4.79 Å². The summed E-state index contributed by atoms with van der Waals surface area (Å²) in [5.41, 5.74) is 4.40. The van der Waals surface area contributed by atoms with Crippen molar-refractivity contribution in [2.45, 2.75) is 20.8 Å². The fraction of sp³-hybridized carbons (Fsp3) is 0.381. The van der Waals surface area contributed by atoms with Gasteiger partial charge in [0.2, 0.25) is 0 Å². The van der Waals surface area contributed by atoms with Crippen molar-refractivity contribution in [2.75, 3.05) is 31.1 Å². The lowest BCUT2D eigenvalue weighted by Crippen LogP contribution is -2.43. The molecule has 3 aromatic rings. The average molecular weight is 363 g/mol. The highest BCUT2D eigenvalue weighted by molar-refractivity contribution is 6.08.